The molecular formula is C18H27ClN4O2S. The first-order valence-corrected chi connectivity index (χ1v) is 9.90. The summed E-state index contributed by atoms with van der Waals surface area (Å²) in [5.74, 6) is 1.06. The molecule has 8 heteroatoms. The highest BCUT2D eigenvalue weighted by atomic mass is 35.5. The molecule has 0 spiro atoms. The van der Waals surface area contributed by atoms with E-state index in [0.29, 0.717) is 26.2 Å². The van der Waals surface area contributed by atoms with E-state index in [1.807, 2.05) is 23.1 Å². The molecule has 2 aliphatic rings. The number of hydrogen-bond donors (Lipinski definition) is 2. The van der Waals surface area contributed by atoms with Crippen LogP contribution in [0.3, 0.4) is 0 Å². The Morgan fingerprint density at radius 2 is 2.08 bits per heavy atom. The van der Waals surface area contributed by atoms with Crippen molar-refractivity contribution >= 4 is 41.7 Å². The van der Waals surface area contributed by atoms with Crippen molar-refractivity contribution in [2.75, 3.05) is 49.9 Å². The predicted octanol–water partition coefficient (Wildman–Crippen LogP) is 1.33. The number of amides is 2. The summed E-state index contributed by atoms with van der Waals surface area (Å²) >= 11 is 1.80. The molecule has 2 amide bonds. The lowest BCUT2D eigenvalue weighted by atomic mass is 9.97. The Morgan fingerprint density at radius 1 is 1.27 bits per heavy atom. The van der Waals surface area contributed by atoms with Gasteiger partial charge >= 0.3 is 0 Å². The molecule has 1 unspecified atom stereocenters. The maximum Gasteiger partial charge on any atom is 0.241 e. The van der Waals surface area contributed by atoms with Gasteiger partial charge < -0.3 is 16.0 Å². The Morgan fingerprint density at radius 3 is 2.88 bits per heavy atom. The lowest BCUT2D eigenvalue weighted by Gasteiger charge is -2.34. The van der Waals surface area contributed by atoms with Crippen LogP contribution in [0.2, 0.25) is 0 Å². The quantitative estimate of drug-likeness (QED) is 0.782. The van der Waals surface area contributed by atoms with Gasteiger partial charge in [-0.15, -0.1) is 24.2 Å². The van der Waals surface area contributed by atoms with E-state index in [9.17, 15) is 9.59 Å². The van der Waals surface area contributed by atoms with Crippen LogP contribution in [0.4, 0.5) is 5.69 Å². The molecule has 6 nitrogen and oxygen atoms in total. The Hall–Kier alpha value is -1.28. The zero-order valence-electron chi connectivity index (χ0n) is 14.9. The van der Waals surface area contributed by atoms with Gasteiger partial charge in [0.25, 0.3) is 0 Å². The molecular weight excluding hydrogens is 372 g/mol. The molecule has 0 aliphatic carbocycles. The molecule has 0 aromatic heterocycles. The van der Waals surface area contributed by atoms with Gasteiger partial charge in [0, 0.05) is 36.8 Å². The molecule has 1 saturated heterocycles. The summed E-state index contributed by atoms with van der Waals surface area (Å²) in [6.07, 6.45) is 1.82. The zero-order valence-corrected chi connectivity index (χ0v) is 16.5. The average Bonchev–Trinajstić information content (AvgIpc) is 2.65. The Kier molecular flexibility index (Phi) is 8.21. The third-order valence-electron chi connectivity index (χ3n) is 4.71. The fourth-order valence-corrected chi connectivity index (χ4v) is 4.45. The van der Waals surface area contributed by atoms with E-state index in [4.69, 9.17) is 5.73 Å². The van der Waals surface area contributed by atoms with Gasteiger partial charge in [-0.3, -0.25) is 14.5 Å². The number of halogens is 1. The SMILES string of the molecule is Cl.NCCNC(=O)C1CCCN(CC(=O)N2CCSc3ccccc32)C1. The summed E-state index contributed by atoms with van der Waals surface area (Å²) < 4.78 is 0. The van der Waals surface area contributed by atoms with Crippen LogP contribution in [0.25, 0.3) is 0 Å². The molecule has 2 heterocycles. The van der Waals surface area contributed by atoms with E-state index in [1.165, 1.54) is 4.90 Å². The number of benzene rings is 1. The minimum absolute atomic E-state index is 0. The summed E-state index contributed by atoms with van der Waals surface area (Å²) in [5.41, 5.74) is 6.46. The number of rotatable bonds is 5. The van der Waals surface area contributed by atoms with Gasteiger partial charge in [0.1, 0.15) is 0 Å². The van der Waals surface area contributed by atoms with Crippen LogP contribution in [-0.2, 0) is 9.59 Å². The fraction of sp³-hybridized carbons (Fsp3) is 0.556. The predicted molar refractivity (Wildman–Crippen MR) is 108 cm³/mol. The number of nitrogens with zero attached hydrogens (tertiary/aromatic N) is 2. The van der Waals surface area contributed by atoms with Crippen molar-refractivity contribution < 1.29 is 9.59 Å². The Labute approximate surface area is 165 Å². The lowest BCUT2D eigenvalue weighted by molar-refractivity contribution is -0.128. The molecule has 0 radical (unpaired) electrons. The minimum Gasteiger partial charge on any atom is -0.355 e. The van der Waals surface area contributed by atoms with Crippen LogP contribution >= 0.6 is 24.2 Å². The minimum atomic E-state index is -0.0442. The summed E-state index contributed by atoms with van der Waals surface area (Å²) in [6.45, 7) is 3.60. The van der Waals surface area contributed by atoms with E-state index in [0.717, 1.165) is 37.4 Å². The lowest BCUT2D eigenvalue weighted by Crippen LogP contribution is -2.48. The number of para-hydroxylation sites is 1. The Balaban J connectivity index is 0.00000243. The third kappa shape index (κ3) is 5.13. The summed E-state index contributed by atoms with van der Waals surface area (Å²) in [5, 5.41) is 2.86. The molecule has 1 fully saturated rings. The van der Waals surface area contributed by atoms with Crippen molar-refractivity contribution in [2.24, 2.45) is 11.7 Å². The molecule has 26 heavy (non-hydrogen) atoms. The number of carbonyl (C=O) groups is 2. The zero-order chi connectivity index (χ0) is 17.6. The highest BCUT2D eigenvalue weighted by Crippen LogP contribution is 2.34. The third-order valence-corrected chi connectivity index (χ3v) is 5.75. The molecule has 2 aliphatic heterocycles. The summed E-state index contributed by atoms with van der Waals surface area (Å²) in [4.78, 5) is 30.2. The molecule has 1 atom stereocenters. The van der Waals surface area contributed by atoms with E-state index >= 15 is 0 Å². The first kappa shape index (κ1) is 21.0. The molecule has 1 aromatic carbocycles. The van der Waals surface area contributed by atoms with Crippen molar-refractivity contribution in [2.45, 2.75) is 17.7 Å². The Bertz CT molecular complexity index is 631. The second-order valence-corrected chi connectivity index (χ2v) is 7.65. The largest absolute Gasteiger partial charge is 0.355 e. The maximum absolute atomic E-state index is 12.8. The normalized spacial score (nSPS) is 20.0. The molecule has 0 bridgehead atoms. The number of hydrogen-bond acceptors (Lipinski definition) is 5. The molecule has 1 aromatic rings. The molecule has 3 N–H and O–H groups in total. The van der Waals surface area contributed by atoms with Crippen LogP contribution in [0.5, 0.6) is 0 Å². The molecule has 144 valence electrons. The van der Waals surface area contributed by atoms with E-state index < -0.39 is 0 Å². The monoisotopic (exact) mass is 398 g/mol. The molecule has 3 rings (SSSR count). The number of nitrogens with two attached hydrogens (primary N) is 1. The number of nitrogens with one attached hydrogen (secondary N) is 1. The van der Waals surface area contributed by atoms with Crippen molar-refractivity contribution in [3.8, 4) is 0 Å². The van der Waals surface area contributed by atoms with E-state index in [1.54, 1.807) is 11.8 Å². The van der Waals surface area contributed by atoms with Gasteiger partial charge in [-0.25, -0.2) is 0 Å². The number of thioether (sulfide) groups is 1. The second kappa shape index (κ2) is 10.2. The van der Waals surface area contributed by atoms with Gasteiger partial charge in [-0.2, -0.15) is 0 Å². The topological polar surface area (TPSA) is 78.7 Å². The summed E-state index contributed by atoms with van der Waals surface area (Å²) in [7, 11) is 0. The smallest absolute Gasteiger partial charge is 0.241 e. The van der Waals surface area contributed by atoms with Crippen molar-refractivity contribution in [1.29, 1.82) is 0 Å². The second-order valence-electron chi connectivity index (χ2n) is 6.52. The first-order valence-electron chi connectivity index (χ1n) is 8.91. The average molecular weight is 399 g/mol. The van der Waals surface area contributed by atoms with Crippen molar-refractivity contribution in [1.82, 2.24) is 10.2 Å². The highest BCUT2D eigenvalue weighted by Gasteiger charge is 2.29. The molecule has 0 saturated carbocycles. The number of piperidine rings is 1. The summed E-state index contributed by atoms with van der Waals surface area (Å²) in [6, 6.07) is 8.06. The van der Waals surface area contributed by atoms with E-state index in [-0.39, 0.29) is 30.1 Å². The van der Waals surface area contributed by atoms with Crippen LogP contribution in [0.1, 0.15) is 12.8 Å². The maximum atomic E-state index is 12.8. The van der Waals surface area contributed by atoms with Crippen molar-refractivity contribution in [3.05, 3.63) is 24.3 Å². The van der Waals surface area contributed by atoms with E-state index in [2.05, 4.69) is 16.3 Å². The van der Waals surface area contributed by atoms with Gasteiger partial charge in [0.15, 0.2) is 0 Å². The van der Waals surface area contributed by atoms with Gasteiger partial charge in [-0.1, -0.05) is 12.1 Å². The van der Waals surface area contributed by atoms with Crippen molar-refractivity contribution in [3.63, 3.8) is 0 Å². The number of fused-ring (bicyclic) bond motifs is 1. The highest BCUT2D eigenvalue weighted by molar-refractivity contribution is 7.99. The number of carbonyl (C=O) groups excluding carboxylic acids is 2. The van der Waals surface area contributed by atoms with Gasteiger partial charge in [-0.05, 0) is 31.5 Å². The fourth-order valence-electron chi connectivity index (χ4n) is 3.46. The van der Waals surface area contributed by atoms with Gasteiger partial charge in [0.2, 0.25) is 11.8 Å². The first-order chi connectivity index (χ1) is 12.2. The number of anilines is 1. The van der Waals surface area contributed by atoms with Crippen LogP contribution in [0.15, 0.2) is 29.2 Å². The van der Waals surface area contributed by atoms with Crippen LogP contribution < -0.4 is 16.0 Å². The van der Waals surface area contributed by atoms with Crippen LogP contribution in [-0.4, -0.2) is 61.7 Å². The van der Waals surface area contributed by atoms with Crippen LogP contribution in [0, 0.1) is 5.92 Å². The van der Waals surface area contributed by atoms with Gasteiger partial charge in [0.05, 0.1) is 18.2 Å². The number of likely N-dealkylation sites (tertiary alicyclic amines) is 1. The standard InChI is InChI=1S/C18H26N4O2S.ClH/c19-7-8-20-18(24)14-4-3-9-21(12-14)13-17(23)22-10-11-25-16-6-2-1-5-15(16)22;/h1-2,5-6,14H,3-4,7-13,19H2,(H,20,24);1H.